The van der Waals surface area contributed by atoms with Crippen molar-refractivity contribution in [2.24, 2.45) is 0 Å². The fourth-order valence-electron chi connectivity index (χ4n) is 2.50. The molecule has 3 rings (SSSR count). The van der Waals surface area contributed by atoms with Crippen LogP contribution >= 0.6 is 11.3 Å². The molecule has 0 bridgehead atoms. The van der Waals surface area contributed by atoms with Crippen LogP contribution in [0.3, 0.4) is 0 Å². The Hall–Kier alpha value is -3.13. The molecule has 2 aromatic heterocycles. The average Bonchev–Trinajstić information content (AvgIpc) is 3.08. The van der Waals surface area contributed by atoms with E-state index in [9.17, 15) is 15.0 Å². The van der Waals surface area contributed by atoms with E-state index in [1.54, 1.807) is 24.3 Å². The first-order valence-electron chi connectivity index (χ1n) is 8.41. The predicted octanol–water partition coefficient (Wildman–Crippen LogP) is 3.66. The molecule has 0 amide bonds. The Kier molecular flexibility index (Phi) is 5.87. The first-order chi connectivity index (χ1) is 13.1. The highest BCUT2D eigenvalue weighted by Crippen LogP contribution is 2.36. The number of carbonyl (C=O) groups is 1. The number of anilines is 1. The number of phenolic OH excluding ortho intramolecular Hbond substituents is 1. The summed E-state index contributed by atoms with van der Waals surface area (Å²) in [5, 5.41) is 21.9. The van der Waals surface area contributed by atoms with Crippen LogP contribution < -0.4 is 10.1 Å². The van der Waals surface area contributed by atoms with Crippen molar-refractivity contribution < 1.29 is 19.7 Å². The summed E-state index contributed by atoms with van der Waals surface area (Å²) in [6.45, 7) is 2.87. The number of phenols is 1. The lowest BCUT2D eigenvalue weighted by Gasteiger charge is -2.06. The van der Waals surface area contributed by atoms with Crippen LogP contribution in [0.2, 0.25) is 0 Å². The molecule has 0 unspecified atom stereocenters. The van der Waals surface area contributed by atoms with E-state index < -0.39 is 5.97 Å². The zero-order chi connectivity index (χ0) is 19.2. The number of aromatic hydroxyl groups is 1. The van der Waals surface area contributed by atoms with Crippen LogP contribution in [0.1, 0.15) is 22.2 Å². The van der Waals surface area contributed by atoms with E-state index in [4.69, 9.17) is 4.74 Å². The second-order valence-electron chi connectivity index (χ2n) is 5.67. The third-order valence-electron chi connectivity index (χ3n) is 3.77. The number of hydrogen-bond acceptors (Lipinski definition) is 7. The van der Waals surface area contributed by atoms with E-state index >= 15 is 0 Å². The molecule has 27 heavy (non-hydrogen) atoms. The fraction of sp³-hybridized carbons (Fsp3) is 0.211. The SMILES string of the molecule is CCOc1cc(-c2cc(NCCc3ccc(O)cc3)ncn2)sc1C(=O)O. The topological polar surface area (TPSA) is 105 Å². The summed E-state index contributed by atoms with van der Waals surface area (Å²) >= 11 is 1.13. The highest BCUT2D eigenvalue weighted by atomic mass is 32.1. The van der Waals surface area contributed by atoms with Gasteiger partial charge in [0.2, 0.25) is 0 Å². The summed E-state index contributed by atoms with van der Waals surface area (Å²) in [6, 6.07) is 10.5. The molecule has 0 saturated carbocycles. The van der Waals surface area contributed by atoms with Gasteiger partial charge in [0.1, 0.15) is 23.6 Å². The minimum absolute atomic E-state index is 0.160. The minimum atomic E-state index is -1.02. The van der Waals surface area contributed by atoms with E-state index in [1.165, 1.54) is 6.33 Å². The number of aromatic carboxylic acids is 1. The lowest BCUT2D eigenvalue weighted by atomic mass is 10.1. The number of nitrogens with zero attached hydrogens (tertiary/aromatic N) is 2. The number of rotatable bonds is 8. The van der Waals surface area contributed by atoms with Gasteiger partial charge in [0.05, 0.1) is 17.2 Å². The number of aromatic nitrogens is 2. The average molecular weight is 385 g/mol. The Labute approximate surface area is 160 Å². The molecule has 7 nitrogen and oxygen atoms in total. The maximum atomic E-state index is 11.4. The fourth-order valence-corrected chi connectivity index (χ4v) is 3.41. The maximum Gasteiger partial charge on any atom is 0.349 e. The van der Waals surface area contributed by atoms with Crippen molar-refractivity contribution in [2.75, 3.05) is 18.5 Å². The highest BCUT2D eigenvalue weighted by molar-refractivity contribution is 7.17. The van der Waals surface area contributed by atoms with E-state index in [1.807, 2.05) is 19.1 Å². The number of benzene rings is 1. The Morgan fingerprint density at radius 2 is 2.00 bits per heavy atom. The van der Waals surface area contributed by atoms with Crippen LogP contribution in [0.25, 0.3) is 10.6 Å². The molecule has 8 heteroatoms. The van der Waals surface area contributed by atoms with E-state index in [0.717, 1.165) is 23.3 Å². The van der Waals surface area contributed by atoms with Gasteiger partial charge in [0.25, 0.3) is 0 Å². The summed E-state index contributed by atoms with van der Waals surface area (Å²) in [5.74, 6) is 0.235. The summed E-state index contributed by atoms with van der Waals surface area (Å²) in [7, 11) is 0. The molecule has 2 heterocycles. The third-order valence-corrected chi connectivity index (χ3v) is 4.89. The van der Waals surface area contributed by atoms with Gasteiger partial charge in [-0.25, -0.2) is 14.8 Å². The molecule has 140 valence electrons. The summed E-state index contributed by atoms with van der Waals surface area (Å²) < 4.78 is 5.41. The zero-order valence-electron chi connectivity index (χ0n) is 14.7. The highest BCUT2D eigenvalue weighted by Gasteiger charge is 2.18. The summed E-state index contributed by atoms with van der Waals surface area (Å²) in [6.07, 6.45) is 2.22. The maximum absolute atomic E-state index is 11.4. The van der Waals surface area contributed by atoms with E-state index in [2.05, 4.69) is 15.3 Å². The molecule has 0 radical (unpaired) electrons. The van der Waals surface area contributed by atoms with Crippen LogP contribution in [0, 0.1) is 0 Å². The molecule has 0 aliphatic rings. The van der Waals surface area contributed by atoms with Crippen molar-refractivity contribution in [2.45, 2.75) is 13.3 Å². The molecule has 0 aliphatic heterocycles. The van der Waals surface area contributed by atoms with Gasteiger partial charge >= 0.3 is 5.97 Å². The van der Waals surface area contributed by atoms with Crippen molar-refractivity contribution in [1.82, 2.24) is 9.97 Å². The quantitative estimate of drug-likeness (QED) is 0.543. The van der Waals surface area contributed by atoms with Crippen molar-refractivity contribution in [3.8, 4) is 22.1 Å². The molecule has 0 aliphatic carbocycles. The smallest absolute Gasteiger partial charge is 0.349 e. The molecular formula is C19H19N3O4S. The van der Waals surface area contributed by atoms with Gasteiger partial charge < -0.3 is 20.3 Å². The number of hydrogen-bond donors (Lipinski definition) is 3. The van der Waals surface area contributed by atoms with Gasteiger partial charge in [-0.1, -0.05) is 12.1 Å². The predicted molar refractivity (Wildman–Crippen MR) is 104 cm³/mol. The van der Waals surface area contributed by atoms with Gasteiger partial charge in [-0.2, -0.15) is 0 Å². The van der Waals surface area contributed by atoms with Crippen LogP contribution in [0.4, 0.5) is 5.82 Å². The van der Waals surface area contributed by atoms with Gasteiger partial charge in [-0.15, -0.1) is 11.3 Å². The van der Waals surface area contributed by atoms with Crippen molar-refractivity contribution in [1.29, 1.82) is 0 Å². The molecule has 0 fully saturated rings. The number of carboxylic acid groups (broad SMARTS) is 1. The zero-order valence-corrected chi connectivity index (χ0v) is 15.5. The Morgan fingerprint density at radius 3 is 2.70 bits per heavy atom. The third kappa shape index (κ3) is 4.73. The molecule has 0 atom stereocenters. The van der Waals surface area contributed by atoms with Gasteiger partial charge in [-0.3, -0.25) is 0 Å². The van der Waals surface area contributed by atoms with Crippen molar-refractivity contribution in [3.05, 3.63) is 53.2 Å². The van der Waals surface area contributed by atoms with Crippen LogP contribution in [-0.2, 0) is 6.42 Å². The first-order valence-corrected chi connectivity index (χ1v) is 9.22. The normalized spacial score (nSPS) is 10.6. The lowest BCUT2D eigenvalue weighted by Crippen LogP contribution is -2.06. The summed E-state index contributed by atoms with van der Waals surface area (Å²) in [4.78, 5) is 20.7. The number of carboxylic acids is 1. The second kappa shape index (κ2) is 8.50. The second-order valence-corrected chi connectivity index (χ2v) is 6.73. The van der Waals surface area contributed by atoms with Crippen LogP contribution in [0.5, 0.6) is 11.5 Å². The number of thiophene rings is 1. The molecule has 0 spiro atoms. The molecular weight excluding hydrogens is 366 g/mol. The van der Waals surface area contributed by atoms with Crippen molar-refractivity contribution >= 4 is 23.1 Å². The van der Waals surface area contributed by atoms with E-state index in [-0.39, 0.29) is 10.6 Å². The number of ether oxygens (including phenoxy) is 1. The van der Waals surface area contributed by atoms with E-state index in [0.29, 0.717) is 35.3 Å². The molecule has 3 N–H and O–H groups in total. The van der Waals surface area contributed by atoms with Crippen molar-refractivity contribution in [3.63, 3.8) is 0 Å². The standard InChI is InChI=1S/C19H19N3O4S/c1-2-26-15-10-16(27-18(15)19(24)25)14-9-17(22-11-21-14)20-8-7-12-3-5-13(23)6-4-12/h3-6,9-11,23H,2,7-8H2,1H3,(H,24,25)(H,20,21,22). The monoisotopic (exact) mass is 385 g/mol. The largest absolute Gasteiger partial charge is 0.508 e. The Morgan fingerprint density at radius 1 is 1.22 bits per heavy atom. The Balaban J connectivity index is 1.70. The minimum Gasteiger partial charge on any atom is -0.508 e. The van der Waals surface area contributed by atoms with Crippen LogP contribution in [0.15, 0.2) is 42.7 Å². The van der Waals surface area contributed by atoms with Gasteiger partial charge in [0, 0.05) is 18.7 Å². The lowest BCUT2D eigenvalue weighted by molar-refractivity contribution is 0.0698. The van der Waals surface area contributed by atoms with Crippen LogP contribution in [-0.4, -0.2) is 39.3 Å². The summed E-state index contributed by atoms with van der Waals surface area (Å²) in [5.41, 5.74) is 1.73. The first kappa shape index (κ1) is 18.7. The Bertz CT molecular complexity index is 925. The molecule has 0 saturated heterocycles. The number of nitrogens with one attached hydrogen (secondary N) is 1. The van der Waals surface area contributed by atoms with Gasteiger partial charge in [-0.05, 0) is 31.0 Å². The van der Waals surface area contributed by atoms with Gasteiger partial charge in [0.15, 0.2) is 4.88 Å². The molecule has 1 aromatic carbocycles. The molecule has 3 aromatic rings.